The number of rotatable bonds is 5. The molecule has 108 valence electrons. The van der Waals surface area contributed by atoms with Gasteiger partial charge in [0, 0.05) is 13.0 Å². The number of para-hydroxylation sites is 1. The van der Waals surface area contributed by atoms with Gasteiger partial charge >= 0.3 is 5.97 Å². The Hall–Kier alpha value is -1.84. The molecular weight excluding hydrogens is 252 g/mol. The summed E-state index contributed by atoms with van der Waals surface area (Å²) in [7, 11) is 0. The summed E-state index contributed by atoms with van der Waals surface area (Å²) in [6.07, 6.45) is 0.804. The van der Waals surface area contributed by atoms with Crippen molar-refractivity contribution in [1.82, 2.24) is 9.55 Å². The van der Waals surface area contributed by atoms with Crippen molar-refractivity contribution in [2.45, 2.75) is 40.7 Å². The Balaban J connectivity index is 2.58. The van der Waals surface area contributed by atoms with Crippen LogP contribution in [0.3, 0.4) is 0 Å². The molecule has 0 fully saturated rings. The molecule has 0 aliphatic carbocycles. The van der Waals surface area contributed by atoms with Gasteiger partial charge in [0.2, 0.25) is 0 Å². The van der Waals surface area contributed by atoms with E-state index in [2.05, 4.69) is 37.2 Å². The van der Waals surface area contributed by atoms with E-state index >= 15 is 0 Å². The highest BCUT2D eigenvalue weighted by Gasteiger charge is 2.18. The van der Waals surface area contributed by atoms with Gasteiger partial charge in [0.15, 0.2) is 0 Å². The molecule has 0 aliphatic rings. The van der Waals surface area contributed by atoms with Gasteiger partial charge in [-0.2, -0.15) is 0 Å². The third-order valence-electron chi connectivity index (χ3n) is 4.01. The minimum absolute atomic E-state index is 0.285. The highest BCUT2D eigenvalue weighted by atomic mass is 16.4. The minimum Gasteiger partial charge on any atom is -0.478 e. The quantitative estimate of drug-likeness (QED) is 0.906. The van der Waals surface area contributed by atoms with Crippen LogP contribution >= 0.6 is 0 Å². The lowest BCUT2D eigenvalue weighted by atomic mass is 9.98. The van der Waals surface area contributed by atoms with Crippen LogP contribution in [0.1, 0.15) is 43.9 Å². The first kappa shape index (κ1) is 14.6. The third-order valence-corrected chi connectivity index (χ3v) is 4.01. The monoisotopic (exact) mass is 274 g/mol. The number of hydrogen-bond donors (Lipinski definition) is 1. The number of carbonyl (C=O) groups is 1. The number of fused-ring (bicyclic) bond motifs is 1. The maximum atomic E-state index is 11.3. The second-order valence-corrected chi connectivity index (χ2v) is 5.69. The number of aryl methyl sites for hydroxylation is 1. The molecule has 2 aromatic rings. The average Bonchev–Trinajstić information content (AvgIpc) is 2.76. The topological polar surface area (TPSA) is 55.1 Å². The number of benzene rings is 1. The number of hydrogen-bond acceptors (Lipinski definition) is 2. The van der Waals surface area contributed by atoms with Crippen LogP contribution in [0.25, 0.3) is 11.0 Å². The second-order valence-electron chi connectivity index (χ2n) is 5.69. The van der Waals surface area contributed by atoms with Gasteiger partial charge < -0.3 is 9.67 Å². The Morgan fingerprint density at radius 2 is 2.05 bits per heavy atom. The van der Waals surface area contributed by atoms with Crippen molar-refractivity contribution in [3.05, 3.63) is 29.6 Å². The number of carboxylic acids is 1. The van der Waals surface area contributed by atoms with E-state index in [9.17, 15) is 9.90 Å². The number of nitrogens with zero attached hydrogens (tertiary/aromatic N) is 2. The lowest BCUT2D eigenvalue weighted by Gasteiger charge is -2.18. The van der Waals surface area contributed by atoms with E-state index in [1.165, 1.54) is 0 Å². The number of aromatic nitrogens is 2. The van der Waals surface area contributed by atoms with E-state index in [0.29, 0.717) is 17.4 Å². The van der Waals surface area contributed by atoms with Crippen LogP contribution in [0.2, 0.25) is 0 Å². The summed E-state index contributed by atoms with van der Waals surface area (Å²) in [5, 5.41) is 9.28. The molecule has 4 heteroatoms. The van der Waals surface area contributed by atoms with E-state index in [1.54, 1.807) is 12.1 Å². The second kappa shape index (κ2) is 5.65. The van der Waals surface area contributed by atoms with Crippen molar-refractivity contribution in [2.75, 3.05) is 0 Å². The fourth-order valence-electron chi connectivity index (χ4n) is 2.34. The highest BCUT2D eigenvalue weighted by Crippen LogP contribution is 2.23. The molecule has 0 amide bonds. The molecule has 1 aromatic heterocycles. The van der Waals surface area contributed by atoms with Crippen molar-refractivity contribution in [3.8, 4) is 0 Å². The molecule has 1 atom stereocenters. The Morgan fingerprint density at radius 1 is 1.35 bits per heavy atom. The van der Waals surface area contributed by atoms with Crippen molar-refractivity contribution in [2.24, 2.45) is 11.8 Å². The summed E-state index contributed by atoms with van der Waals surface area (Å²) >= 11 is 0. The summed E-state index contributed by atoms with van der Waals surface area (Å²) in [6, 6.07) is 5.37. The molecule has 1 heterocycles. The predicted molar refractivity (Wildman–Crippen MR) is 80.1 cm³/mol. The van der Waals surface area contributed by atoms with Crippen molar-refractivity contribution in [1.29, 1.82) is 0 Å². The lowest BCUT2D eigenvalue weighted by Crippen LogP contribution is -2.15. The zero-order valence-electron chi connectivity index (χ0n) is 12.6. The van der Waals surface area contributed by atoms with Gasteiger partial charge in [0.1, 0.15) is 11.3 Å². The summed E-state index contributed by atoms with van der Waals surface area (Å²) in [5.41, 5.74) is 1.82. The molecule has 4 nitrogen and oxygen atoms in total. The minimum atomic E-state index is -0.917. The Bertz CT molecular complexity index is 629. The smallest absolute Gasteiger partial charge is 0.337 e. The maximum Gasteiger partial charge on any atom is 0.337 e. The van der Waals surface area contributed by atoms with Crippen LogP contribution in [0.5, 0.6) is 0 Å². The molecule has 0 radical (unpaired) electrons. The largest absolute Gasteiger partial charge is 0.478 e. The van der Waals surface area contributed by atoms with Crippen molar-refractivity contribution in [3.63, 3.8) is 0 Å². The van der Waals surface area contributed by atoms with E-state index in [-0.39, 0.29) is 5.56 Å². The first-order valence-corrected chi connectivity index (χ1v) is 7.17. The number of carboxylic acid groups (broad SMARTS) is 1. The van der Waals surface area contributed by atoms with Crippen LogP contribution in [0, 0.1) is 11.8 Å². The third kappa shape index (κ3) is 2.55. The molecule has 0 saturated heterocycles. The van der Waals surface area contributed by atoms with E-state index in [4.69, 9.17) is 0 Å². The Labute approximate surface area is 119 Å². The molecule has 1 unspecified atom stereocenters. The standard InChI is InChI=1S/C16H22N2O2/c1-5-14-17-15-12(16(19)20)7-6-8-13(15)18(14)9-11(4)10(2)3/h6-8,10-11H,5,9H2,1-4H3,(H,19,20). The Morgan fingerprint density at radius 3 is 2.60 bits per heavy atom. The molecule has 0 bridgehead atoms. The Kier molecular flexibility index (Phi) is 4.12. The van der Waals surface area contributed by atoms with Crippen LogP contribution in [-0.2, 0) is 13.0 Å². The zero-order chi connectivity index (χ0) is 14.9. The molecule has 2 rings (SSSR count). The molecule has 1 N–H and O–H groups in total. The van der Waals surface area contributed by atoms with Gasteiger partial charge in [-0.05, 0) is 24.0 Å². The first-order valence-electron chi connectivity index (χ1n) is 7.17. The van der Waals surface area contributed by atoms with Crippen LogP contribution in [0.4, 0.5) is 0 Å². The normalized spacial score (nSPS) is 13.1. The molecular formula is C16H22N2O2. The highest BCUT2D eigenvalue weighted by molar-refractivity contribution is 6.01. The molecule has 0 saturated carbocycles. The first-order chi connectivity index (χ1) is 9.45. The summed E-state index contributed by atoms with van der Waals surface area (Å²) in [5.74, 6) is 1.15. The van der Waals surface area contributed by atoms with E-state index in [1.807, 2.05) is 6.07 Å². The molecule has 1 aromatic carbocycles. The van der Waals surface area contributed by atoms with Gasteiger partial charge in [-0.25, -0.2) is 9.78 Å². The average molecular weight is 274 g/mol. The van der Waals surface area contributed by atoms with Gasteiger partial charge in [-0.1, -0.05) is 33.8 Å². The SMILES string of the molecule is CCc1nc2c(C(=O)O)cccc2n1CC(C)C(C)C. The number of aromatic carboxylic acids is 1. The molecule has 20 heavy (non-hydrogen) atoms. The molecule has 0 spiro atoms. The predicted octanol–water partition coefficient (Wildman–Crippen LogP) is 3.59. The van der Waals surface area contributed by atoms with Crippen LogP contribution in [-0.4, -0.2) is 20.6 Å². The van der Waals surface area contributed by atoms with E-state index < -0.39 is 5.97 Å². The lowest BCUT2D eigenvalue weighted by molar-refractivity contribution is 0.0699. The van der Waals surface area contributed by atoms with Gasteiger partial charge in [0.05, 0.1) is 11.1 Å². The van der Waals surface area contributed by atoms with Crippen LogP contribution < -0.4 is 0 Å². The fourth-order valence-corrected chi connectivity index (χ4v) is 2.34. The fraction of sp³-hybridized carbons (Fsp3) is 0.500. The van der Waals surface area contributed by atoms with E-state index in [0.717, 1.165) is 24.3 Å². The summed E-state index contributed by atoms with van der Waals surface area (Å²) in [6.45, 7) is 9.56. The summed E-state index contributed by atoms with van der Waals surface area (Å²) < 4.78 is 2.17. The molecule has 0 aliphatic heterocycles. The van der Waals surface area contributed by atoms with Gasteiger partial charge in [-0.3, -0.25) is 0 Å². The maximum absolute atomic E-state index is 11.3. The van der Waals surface area contributed by atoms with Crippen molar-refractivity contribution < 1.29 is 9.90 Å². The zero-order valence-corrected chi connectivity index (χ0v) is 12.6. The van der Waals surface area contributed by atoms with Crippen molar-refractivity contribution >= 4 is 17.0 Å². The van der Waals surface area contributed by atoms with Gasteiger partial charge in [-0.15, -0.1) is 0 Å². The van der Waals surface area contributed by atoms with Crippen LogP contribution in [0.15, 0.2) is 18.2 Å². The van der Waals surface area contributed by atoms with Gasteiger partial charge in [0.25, 0.3) is 0 Å². The number of imidazole rings is 1. The summed E-state index contributed by atoms with van der Waals surface area (Å²) in [4.78, 5) is 15.9.